The molecule has 20 heavy (non-hydrogen) atoms. The fourth-order valence-corrected chi connectivity index (χ4v) is 3.96. The summed E-state index contributed by atoms with van der Waals surface area (Å²) in [6.07, 6.45) is 0.361. The van der Waals surface area contributed by atoms with Gasteiger partial charge in [-0.2, -0.15) is 0 Å². The third kappa shape index (κ3) is 3.10. The number of hydrogen-bond donors (Lipinski definition) is 2. The highest BCUT2D eigenvalue weighted by atomic mass is 32.1. The maximum absolute atomic E-state index is 12.6. The lowest BCUT2D eigenvalue weighted by Crippen LogP contribution is -2.38. The molecule has 0 saturated heterocycles. The van der Waals surface area contributed by atoms with Crippen LogP contribution < -0.4 is 5.73 Å². The number of carbonyl (C=O) groups is 1. The summed E-state index contributed by atoms with van der Waals surface area (Å²) in [7, 11) is 0. The Bertz CT molecular complexity index is 602. The molecule has 2 heterocycles. The van der Waals surface area contributed by atoms with Crippen molar-refractivity contribution in [2.24, 2.45) is 10.9 Å². The lowest BCUT2D eigenvalue weighted by molar-refractivity contribution is 0.0716. The van der Waals surface area contributed by atoms with Crippen molar-refractivity contribution in [3.63, 3.8) is 0 Å². The van der Waals surface area contributed by atoms with Crippen molar-refractivity contribution in [3.05, 3.63) is 22.4 Å². The molecule has 108 valence electrons. The van der Waals surface area contributed by atoms with E-state index in [2.05, 4.69) is 5.16 Å². The number of nitrogens with zero attached hydrogens (tertiary/aromatic N) is 2. The summed E-state index contributed by atoms with van der Waals surface area (Å²) in [6.45, 7) is 4.36. The molecule has 0 aliphatic heterocycles. The van der Waals surface area contributed by atoms with Crippen LogP contribution in [0.3, 0.4) is 0 Å². The number of carbonyl (C=O) groups excluding carboxylic acids is 1. The minimum atomic E-state index is -0.000796. The zero-order chi connectivity index (χ0) is 14.7. The molecule has 0 aliphatic carbocycles. The fraction of sp³-hybridized carbons (Fsp3) is 0.385. The third-order valence-electron chi connectivity index (χ3n) is 2.97. The predicted octanol–water partition coefficient (Wildman–Crippen LogP) is 2.95. The second kappa shape index (κ2) is 6.23. The van der Waals surface area contributed by atoms with E-state index in [0.29, 0.717) is 13.0 Å². The van der Waals surface area contributed by atoms with Gasteiger partial charge in [0.15, 0.2) is 0 Å². The van der Waals surface area contributed by atoms with Crippen molar-refractivity contribution in [1.29, 1.82) is 0 Å². The van der Waals surface area contributed by atoms with Crippen LogP contribution in [0.15, 0.2) is 22.7 Å². The fourth-order valence-electron chi connectivity index (χ4n) is 1.89. The Kier molecular flexibility index (Phi) is 4.61. The summed E-state index contributed by atoms with van der Waals surface area (Å²) in [6, 6.07) is 4.03. The first kappa shape index (κ1) is 14.8. The largest absolute Gasteiger partial charge is 0.409 e. The predicted molar refractivity (Wildman–Crippen MR) is 83.9 cm³/mol. The van der Waals surface area contributed by atoms with E-state index < -0.39 is 0 Å². The van der Waals surface area contributed by atoms with Crippen molar-refractivity contribution in [2.75, 3.05) is 6.54 Å². The molecule has 0 saturated carbocycles. The summed E-state index contributed by atoms with van der Waals surface area (Å²) in [5.41, 5.74) is 5.47. The van der Waals surface area contributed by atoms with Gasteiger partial charge in [0.05, 0.1) is 4.88 Å². The Hall–Kier alpha value is -1.60. The second-order valence-corrected chi connectivity index (χ2v) is 6.72. The summed E-state index contributed by atoms with van der Waals surface area (Å²) in [5, 5.41) is 13.5. The van der Waals surface area contributed by atoms with Crippen LogP contribution in [-0.4, -0.2) is 34.4 Å². The van der Waals surface area contributed by atoms with E-state index in [1.165, 1.54) is 11.3 Å². The van der Waals surface area contributed by atoms with Crippen molar-refractivity contribution in [1.82, 2.24) is 4.90 Å². The van der Waals surface area contributed by atoms with Gasteiger partial charge in [0.2, 0.25) is 0 Å². The molecule has 0 unspecified atom stereocenters. The minimum Gasteiger partial charge on any atom is -0.409 e. The molecule has 3 N–H and O–H groups in total. The van der Waals surface area contributed by atoms with Gasteiger partial charge in [-0.05, 0) is 31.4 Å². The molecule has 7 heteroatoms. The van der Waals surface area contributed by atoms with Crippen molar-refractivity contribution in [3.8, 4) is 0 Å². The number of oxime groups is 1. The highest BCUT2D eigenvalue weighted by molar-refractivity contribution is 7.27. The number of thiophene rings is 2. The van der Waals surface area contributed by atoms with Gasteiger partial charge in [0.1, 0.15) is 5.84 Å². The standard InChI is InChI=1S/C13H17N3O2S2/c1-8(2)16(5-3-12(14)15-18)13(17)11-7-10-9(20-11)4-6-19-10/h4,6-8,18H,3,5H2,1-2H3,(H2,14,15). The quantitative estimate of drug-likeness (QED) is 0.385. The first-order valence-corrected chi connectivity index (χ1v) is 7.97. The smallest absolute Gasteiger partial charge is 0.264 e. The molecule has 0 aromatic carbocycles. The molecule has 0 aliphatic rings. The highest BCUT2D eigenvalue weighted by Crippen LogP contribution is 2.31. The number of rotatable bonds is 5. The third-order valence-corrected chi connectivity index (χ3v) is 5.05. The van der Waals surface area contributed by atoms with E-state index in [0.717, 1.165) is 14.3 Å². The molecule has 0 radical (unpaired) electrons. The van der Waals surface area contributed by atoms with Gasteiger partial charge in [-0.25, -0.2) is 0 Å². The van der Waals surface area contributed by atoms with Gasteiger partial charge in [-0.1, -0.05) is 5.16 Å². The average Bonchev–Trinajstić information content (AvgIpc) is 2.98. The van der Waals surface area contributed by atoms with Gasteiger partial charge in [-0.15, -0.1) is 22.7 Å². The van der Waals surface area contributed by atoms with Crippen LogP contribution in [0.1, 0.15) is 29.9 Å². The van der Waals surface area contributed by atoms with Crippen LogP contribution in [0, 0.1) is 0 Å². The Morgan fingerprint density at radius 3 is 2.85 bits per heavy atom. The van der Waals surface area contributed by atoms with Crippen LogP contribution >= 0.6 is 22.7 Å². The molecule has 0 spiro atoms. The Balaban J connectivity index is 2.16. The maximum Gasteiger partial charge on any atom is 0.264 e. The average molecular weight is 311 g/mol. The van der Waals surface area contributed by atoms with E-state index in [1.54, 1.807) is 16.2 Å². The molecule has 1 amide bonds. The van der Waals surface area contributed by atoms with Crippen molar-refractivity contribution in [2.45, 2.75) is 26.3 Å². The second-order valence-electron chi connectivity index (χ2n) is 4.69. The molecular weight excluding hydrogens is 294 g/mol. The molecule has 2 rings (SSSR count). The molecule has 0 fully saturated rings. The van der Waals surface area contributed by atoms with Crippen LogP contribution in [-0.2, 0) is 0 Å². The van der Waals surface area contributed by atoms with Crippen LogP contribution in [0.2, 0.25) is 0 Å². The summed E-state index contributed by atoms with van der Waals surface area (Å²) in [4.78, 5) is 15.0. The molecule has 2 aromatic rings. The molecular formula is C13H17N3O2S2. The Morgan fingerprint density at radius 1 is 1.50 bits per heavy atom. The summed E-state index contributed by atoms with van der Waals surface area (Å²) >= 11 is 3.14. The number of amidine groups is 1. The van der Waals surface area contributed by atoms with E-state index in [4.69, 9.17) is 10.9 Å². The van der Waals surface area contributed by atoms with E-state index in [1.807, 2.05) is 31.4 Å². The Labute approximate surface area is 125 Å². The van der Waals surface area contributed by atoms with Crippen molar-refractivity contribution < 1.29 is 10.0 Å². The number of hydrogen-bond acceptors (Lipinski definition) is 5. The maximum atomic E-state index is 12.6. The van der Waals surface area contributed by atoms with Gasteiger partial charge < -0.3 is 15.8 Å². The van der Waals surface area contributed by atoms with Gasteiger partial charge in [0, 0.05) is 28.4 Å². The first-order chi connectivity index (χ1) is 9.52. The lowest BCUT2D eigenvalue weighted by Gasteiger charge is -2.26. The number of amides is 1. The zero-order valence-electron chi connectivity index (χ0n) is 11.4. The molecule has 2 aromatic heterocycles. The van der Waals surface area contributed by atoms with Gasteiger partial charge in [-0.3, -0.25) is 4.79 Å². The van der Waals surface area contributed by atoms with Crippen LogP contribution in [0.5, 0.6) is 0 Å². The number of nitrogens with two attached hydrogens (primary N) is 1. The molecule has 0 bridgehead atoms. The van der Waals surface area contributed by atoms with E-state index in [-0.39, 0.29) is 17.8 Å². The Morgan fingerprint density at radius 2 is 2.25 bits per heavy atom. The van der Waals surface area contributed by atoms with Crippen LogP contribution in [0.25, 0.3) is 9.40 Å². The zero-order valence-corrected chi connectivity index (χ0v) is 13.0. The monoisotopic (exact) mass is 311 g/mol. The summed E-state index contributed by atoms with van der Waals surface area (Å²) < 4.78 is 2.27. The van der Waals surface area contributed by atoms with Gasteiger partial charge >= 0.3 is 0 Å². The summed E-state index contributed by atoms with van der Waals surface area (Å²) in [5.74, 6) is 0.134. The minimum absolute atomic E-state index is 0.000796. The molecule has 5 nitrogen and oxygen atoms in total. The first-order valence-electron chi connectivity index (χ1n) is 6.27. The van der Waals surface area contributed by atoms with E-state index >= 15 is 0 Å². The molecule has 0 atom stereocenters. The SMILES string of the molecule is CC(C)N(CC/C(N)=N/O)C(=O)c1cc2sccc2s1. The van der Waals surface area contributed by atoms with Crippen LogP contribution in [0.4, 0.5) is 0 Å². The highest BCUT2D eigenvalue weighted by Gasteiger charge is 2.21. The van der Waals surface area contributed by atoms with E-state index in [9.17, 15) is 4.79 Å². The van der Waals surface area contributed by atoms with Crippen molar-refractivity contribution >= 4 is 43.8 Å². The lowest BCUT2D eigenvalue weighted by atomic mass is 10.2. The van der Waals surface area contributed by atoms with Gasteiger partial charge in [0.25, 0.3) is 5.91 Å². The topological polar surface area (TPSA) is 78.9 Å². The normalized spacial score (nSPS) is 12.2. The number of fused-ring (bicyclic) bond motifs is 1.